The standard InChI is InChI=1S/C39H80O14/c1-40-15-4-18-43-21-7-24-46-26-10-28-48-31-12-34-51-37-39(53-36-14-33-50-30-9-23-45-20-6-17-42-3)38-52-35-13-32-49-29-11-27-47-25-8-22-44-19-5-16-41-2/h39H,4-38H2,1-3H3. The highest BCUT2D eigenvalue weighted by atomic mass is 16.6. The van der Waals surface area contributed by atoms with Crippen molar-refractivity contribution >= 4 is 0 Å². The topological polar surface area (TPSA) is 129 Å². The van der Waals surface area contributed by atoms with Crippen molar-refractivity contribution in [2.45, 2.75) is 76.7 Å². The van der Waals surface area contributed by atoms with E-state index in [1.165, 1.54) is 0 Å². The van der Waals surface area contributed by atoms with Gasteiger partial charge in [0, 0.05) is 167 Å². The molecule has 0 aliphatic rings. The minimum absolute atomic E-state index is 0.141. The molecule has 0 aliphatic carbocycles. The molecule has 0 fully saturated rings. The second-order valence-electron chi connectivity index (χ2n) is 12.4. The minimum Gasteiger partial charge on any atom is -0.385 e. The molecule has 0 aromatic carbocycles. The van der Waals surface area contributed by atoms with E-state index < -0.39 is 0 Å². The highest BCUT2D eigenvalue weighted by Crippen LogP contribution is 2.01. The molecule has 320 valence electrons. The van der Waals surface area contributed by atoms with Gasteiger partial charge < -0.3 is 66.3 Å². The van der Waals surface area contributed by atoms with Gasteiger partial charge in [0.15, 0.2) is 0 Å². The Hall–Kier alpha value is -0.560. The molecule has 0 aromatic rings. The maximum Gasteiger partial charge on any atom is 0.104 e. The maximum atomic E-state index is 6.10. The van der Waals surface area contributed by atoms with Gasteiger partial charge in [0.2, 0.25) is 0 Å². The first-order chi connectivity index (χ1) is 26.3. The Morgan fingerprint density at radius 2 is 0.415 bits per heavy atom. The molecule has 0 atom stereocenters. The van der Waals surface area contributed by atoms with Crippen LogP contribution in [0.5, 0.6) is 0 Å². The summed E-state index contributed by atoms with van der Waals surface area (Å²) in [6, 6.07) is 0. The van der Waals surface area contributed by atoms with Gasteiger partial charge in [-0.25, -0.2) is 0 Å². The highest BCUT2D eigenvalue weighted by Gasteiger charge is 2.10. The molecule has 0 bridgehead atoms. The van der Waals surface area contributed by atoms with Crippen molar-refractivity contribution in [3.63, 3.8) is 0 Å². The quantitative estimate of drug-likeness (QED) is 0.0788. The molecule has 0 N–H and O–H groups in total. The molecule has 0 saturated heterocycles. The average molecular weight is 773 g/mol. The van der Waals surface area contributed by atoms with E-state index in [0.29, 0.717) is 106 Å². The number of ether oxygens (including phenoxy) is 14. The molecule has 0 radical (unpaired) electrons. The van der Waals surface area contributed by atoms with E-state index in [0.717, 1.165) is 123 Å². The lowest BCUT2D eigenvalue weighted by molar-refractivity contribution is -0.0676. The van der Waals surface area contributed by atoms with Gasteiger partial charge in [-0.2, -0.15) is 0 Å². The fraction of sp³-hybridized carbons (Fsp3) is 1.00. The lowest BCUT2D eigenvalue weighted by Gasteiger charge is -2.18. The third kappa shape index (κ3) is 47.5. The van der Waals surface area contributed by atoms with Crippen LogP contribution in [-0.4, -0.2) is 186 Å². The molecule has 14 nitrogen and oxygen atoms in total. The zero-order chi connectivity index (χ0) is 38.2. The molecule has 0 aromatic heterocycles. The van der Waals surface area contributed by atoms with E-state index in [1.54, 1.807) is 21.3 Å². The van der Waals surface area contributed by atoms with Gasteiger partial charge in [-0.15, -0.1) is 0 Å². The van der Waals surface area contributed by atoms with E-state index in [9.17, 15) is 0 Å². The fourth-order valence-electron chi connectivity index (χ4n) is 4.56. The summed E-state index contributed by atoms with van der Waals surface area (Å²) in [7, 11) is 5.11. The smallest absolute Gasteiger partial charge is 0.104 e. The second kappa shape index (κ2) is 49.5. The Kier molecular flexibility index (Phi) is 48.9. The largest absolute Gasteiger partial charge is 0.385 e. The predicted octanol–water partition coefficient (Wildman–Crippen LogP) is 4.77. The van der Waals surface area contributed by atoms with E-state index in [-0.39, 0.29) is 6.10 Å². The monoisotopic (exact) mass is 773 g/mol. The van der Waals surface area contributed by atoms with Crippen LogP contribution in [0.25, 0.3) is 0 Å². The molecule has 53 heavy (non-hydrogen) atoms. The summed E-state index contributed by atoms with van der Waals surface area (Å²) in [6.07, 6.45) is 9.53. The first kappa shape index (κ1) is 52.4. The zero-order valence-electron chi connectivity index (χ0n) is 34.0. The molecule has 0 rings (SSSR count). The van der Waals surface area contributed by atoms with Crippen LogP contribution >= 0.6 is 0 Å². The molecular weight excluding hydrogens is 692 g/mol. The molecule has 0 spiro atoms. The SMILES string of the molecule is COCCCOCCCOCCCOCCCOCC(COCCCOCCCOCCCOCCCOC)OCCCOCCCOCCCOC. The number of methoxy groups -OCH3 is 3. The van der Waals surface area contributed by atoms with Crippen molar-refractivity contribution < 1.29 is 66.3 Å². The Labute approximate surface area is 322 Å². The number of hydrogen-bond acceptors (Lipinski definition) is 14. The normalized spacial score (nSPS) is 11.8. The number of rotatable bonds is 49. The molecule has 14 heteroatoms. The highest BCUT2D eigenvalue weighted by molar-refractivity contribution is 4.57. The Morgan fingerprint density at radius 3 is 0.642 bits per heavy atom. The Balaban J connectivity index is 3.90. The van der Waals surface area contributed by atoms with Crippen LogP contribution in [0.2, 0.25) is 0 Å². The third-order valence-corrected chi connectivity index (χ3v) is 7.35. The summed E-state index contributed by atoms with van der Waals surface area (Å²) in [5.74, 6) is 0. The Bertz CT molecular complexity index is 599. The van der Waals surface area contributed by atoms with E-state index in [4.69, 9.17) is 66.3 Å². The lowest BCUT2D eigenvalue weighted by Crippen LogP contribution is -2.27. The van der Waals surface area contributed by atoms with Crippen LogP contribution in [-0.2, 0) is 66.3 Å². The minimum atomic E-state index is -0.141. The van der Waals surface area contributed by atoms with Gasteiger partial charge in [0.25, 0.3) is 0 Å². The van der Waals surface area contributed by atoms with Crippen LogP contribution in [0.1, 0.15) is 70.6 Å². The van der Waals surface area contributed by atoms with Crippen molar-refractivity contribution in [3.8, 4) is 0 Å². The first-order valence-electron chi connectivity index (χ1n) is 20.2. The third-order valence-electron chi connectivity index (χ3n) is 7.35. The number of hydrogen-bond donors (Lipinski definition) is 0. The van der Waals surface area contributed by atoms with E-state index >= 15 is 0 Å². The van der Waals surface area contributed by atoms with Crippen molar-refractivity contribution in [3.05, 3.63) is 0 Å². The second-order valence-corrected chi connectivity index (χ2v) is 12.4. The summed E-state index contributed by atoms with van der Waals surface area (Å²) in [6.45, 7) is 16.1. The van der Waals surface area contributed by atoms with Crippen molar-refractivity contribution in [1.29, 1.82) is 0 Å². The first-order valence-corrected chi connectivity index (χ1v) is 20.2. The van der Waals surface area contributed by atoms with Crippen LogP contribution < -0.4 is 0 Å². The molecule has 0 unspecified atom stereocenters. The van der Waals surface area contributed by atoms with Gasteiger partial charge in [0.05, 0.1) is 13.2 Å². The van der Waals surface area contributed by atoms with Crippen LogP contribution in [0.4, 0.5) is 0 Å². The summed E-state index contributed by atoms with van der Waals surface area (Å²) >= 11 is 0. The lowest BCUT2D eigenvalue weighted by atomic mass is 10.3. The van der Waals surface area contributed by atoms with Crippen LogP contribution in [0.3, 0.4) is 0 Å². The van der Waals surface area contributed by atoms with Crippen molar-refractivity contribution in [2.24, 2.45) is 0 Å². The summed E-state index contributed by atoms with van der Waals surface area (Å²) in [5, 5.41) is 0. The molecular formula is C39H80O14. The average Bonchev–Trinajstić information content (AvgIpc) is 3.17. The zero-order valence-corrected chi connectivity index (χ0v) is 34.0. The molecule has 0 aliphatic heterocycles. The van der Waals surface area contributed by atoms with Gasteiger partial charge in [-0.3, -0.25) is 0 Å². The Morgan fingerprint density at radius 1 is 0.226 bits per heavy atom. The fourth-order valence-corrected chi connectivity index (χ4v) is 4.56. The van der Waals surface area contributed by atoms with E-state index in [2.05, 4.69) is 0 Å². The summed E-state index contributed by atoms with van der Waals surface area (Å²) in [4.78, 5) is 0. The van der Waals surface area contributed by atoms with Gasteiger partial charge in [-0.05, 0) is 70.6 Å². The van der Waals surface area contributed by atoms with E-state index in [1.807, 2.05) is 0 Å². The van der Waals surface area contributed by atoms with Gasteiger partial charge in [0.1, 0.15) is 6.10 Å². The van der Waals surface area contributed by atoms with Gasteiger partial charge in [-0.1, -0.05) is 0 Å². The maximum absolute atomic E-state index is 6.10. The summed E-state index contributed by atoms with van der Waals surface area (Å²) < 4.78 is 78.1. The van der Waals surface area contributed by atoms with Gasteiger partial charge >= 0.3 is 0 Å². The molecule has 0 saturated carbocycles. The van der Waals surface area contributed by atoms with Crippen molar-refractivity contribution in [2.75, 3.05) is 180 Å². The molecule has 0 amide bonds. The van der Waals surface area contributed by atoms with Crippen LogP contribution in [0.15, 0.2) is 0 Å². The summed E-state index contributed by atoms with van der Waals surface area (Å²) in [5.41, 5.74) is 0. The van der Waals surface area contributed by atoms with Crippen molar-refractivity contribution in [1.82, 2.24) is 0 Å². The molecule has 0 heterocycles. The predicted molar refractivity (Wildman–Crippen MR) is 204 cm³/mol. The van der Waals surface area contributed by atoms with Crippen LogP contribution in [0, 0.1) is 0 Å².